The molecule has 8 heavy (non-hydrogen) atoms. The maximum Gasteiger partial charge on any atom is 0.0357 e. The Kier molecular flexibility index (Phi) is 4.56. The SMILES string of the molecule is CC/N=C/CC(C)N. The van der Waals surface area contributed by atoms with Crippen molar-refractivity contribution in [3.8, 4) is 0 Å². The minimum Gasteiger partial charge on any atom is -0.328 e. The maximum absolute atomic E-state index is 5.44. The van der Waals surface area contributed by atoms with E-state index in [1.54, 1.807) is 0 Å². The quantitative estimate of drug-likeness (QED) is 0.542. The van der Waals surface area contributed by atoms with Crippen LogP contribution in [0.25, 0.3) is 0 Å². The number of rotatable bonds is 3. The Labute approximate surface area is 50.8 Å². The maximum atomic E-state index is 5.44. The Balaban J connectivity index is 3.03. The van der Waals surface area contributed by atoms with Crippen molar-refractivity contribution in [3.63, 3.8) is 0 Å². The zero-order valence-corrected chi connectivity index (χ0v) is 5.59. The monoisotopic (exact) mass is 114 g/mol. The highest BCUT2D eigenvalue weighted by Crippen LogP contribution is 1.79. The predicted molar refractivity (Wildman–Crippen MR) is 37.3 cm³/mol. The first kappa shape index (κ1) is 7.63. The van der Waals surface area contributed by atoms with Crippen molar-refractivity contribution >= 4 is 6.21 Å². The highest BCUT2D eigenvalue weighted by Gasteiger charge is 1.85. The van der Waals surface area contributed by atoms with Gasteiger partial charge < -0.3 is 5.73 Å². The minimum atomic E-state index is 0.255. The van der Waals surface area contributed by atoms with Crippen molar-refractivity contribution in [1.82, 2.24) is 0 Å². The summed E-state index contributed by atoms with van der Waals surface area (Å²) in [5.41, 5.74) is 5.44. The van der Waals surface area contributed by atoms with Crippen LogP contribution >= 0.6 is 0 Å². The van der Waals surface area contributed by atoms with Gasteiger partial charge in [-0.05, 0) is 20.3 Å². The Hall–Kier alpha value is -0.370. The molecule has 1 atom stereocenters. The van der Waals surface area contributed by atoms with Gasteiger partial charge in [0.25, 0.3) is 0 Å². The van der Waals surface area contributed by atoms with Gasteiger partial charge >= 0.3 is 0 Å². The molecule has 0 aromatic heterocycles. The highest BCUT2D eigenvalue weighted by atomic mass is 14.7. The Morgan fingerprint density at radius 1 is 1.75 bits per heavy atom. The average molecular weight is 114 g/mol. The number of nitrogens with zero attached hydrogens (tertiary/aromatic N) is 1. The molecule has 0 aromatic carbocycles. The smallest absolute Gasteiger partial charge is 0.0357 e. The fourth-order valence-corrected chi connectivity index (χ4v) is 0.370. The molecule has 0 rings (SSSR count). The second kappa shape index (κ2) is 4.78. The molecule has 0 spiro atoms. The summed E-state index contributed by atoms with van der Waals surface area (Å²) in [6.07, 6.45) is 2.78. The normalized spacial score (nSPS) is 14.9. The average Bonchev–Trinajstić information content (AvgIpc) is 1.66. The van der Waals surface area contributed by atoms with E-state index in [9.17, 15) is 0 Å². The fourth-order valence-electron chi connectivity index (χ4n) is 0.370. The van der Waals surface area contributed by atoms with Crippen LogP contribution in [0.3, 0.4) is 0 Å². The number of nitrogens with two attached hydrogens (primary N) is 1. The van der Waals surface area contributed by atoms with E-state index >= 15 is 0 Å². The fraction of sp³-hybridized carbons (Fsp3) is 0.833. The van der Waals surface area contributed by atoms with E-state index in [2.05, 4.69) is 4.99 Å². The number of hydrogen-bond donors (Lipinski definition) is 1. The summed E-state index contributed by atoms with van der Waals surface area (Å²) in [7, 11) is 0. The van der Waals surface area contributed by atoms with Gasteiger partial charge in [0.15, 0.2) is 0 Å². The molecule has 2 heteroatoms. The van der Waals surface area contributed by atoms with Crippen LogP contribution in [0.4, 0.5) is 0 Å². The molecule has 0 aromatic rings. The molecule has 0 aliphatic carbocycles. The zero-order valence-electron chi connectivity index (χ0n) is 5.59. The van der Waals surface area contributed by atoms with E-state index in [-0.39, 0.29) is 6.04 Å². The van der Waals surface area contributed by atoms with Crippen LogP contribution in [0.2, 0.25) is 0 Å². The molecule has 0 amide bonds. The Morgan fingerprint density at radius 2 is 2.38 bits per heavy atom. The summed E-state index contributed by atoms with van der Waals surface area (Å²) in [6.45, 7) is 4.85. The molecule has 1 unspecified atom stereocenters. The van der Waals surface area contributed by atoms with Gasteiger partial charge in [-0.25, -0.2) is 0 Å². The third kappa shape index (κ3) is 5.63. The second-order valence-corrected chi connectivity index (χ2v) is 1.89. The van der Waals surface area contributed by atoms with Crippen LogP contribution in [0, 0.1) is 0 Å². The van der Waals surface area contributed by atoms with Crippen molar-refractivity contribution in [2.24, 2.45) is 10.7 Å². The Morgan fingerprint density at radius 3 is 2.75 bits per heavy atom. The summed E-state index contributed by atoms with van der Waals surface area (Å²) in [4.78, 5) is 4.01. The van der Waals surface area contributed by atoms with Crippen LogP contribution in [0.1, 0.15) is 20.3 Å². The molecule has 0 radical (unpaired) electrons. The summed E-state index contributed by atoms with van der Waals surface area (Å²) in [5.74, 6) is 0. The molecule has 0 heterocycles. The molecule has 0 fully saturated rings. The standard InChI is InChI=1S/C6H14N2/c1-3-8-5-4-6(2)7/h5-6H,3-4,7H2,1-2H3/b8-5+. The van der Waals surface area contributed by atoms with Gasteiger partial charge in [-0.1, -0.05) is 0 Å². The van der Waals surface area contributed by atoms with Crippen LogP contribution < -0.4 is 5.73 Å². The molecule has 0 saturated carbocycles. The van der Waals surface area contributed by atoms with Crippen LogP contribution in [0.15, 0.2) is 4.99 Å². The van der Waals surface area contributed by atoms with Crippen LogP contribution in [0.5, 0.6) is 0 Å². The Bertz CT molecular complexity index is 66.9. The first-order chi connectivity index (χ1) is 3.77. The molecule has 0 aliphatic heterocycles. The van der Waals surface area contributed by atoms with Gasteiger partial charge in [0.05, 0.1) is 0 Å². The van der Waals surface area contributed by atoms with E-state index in [1.165, 1.54) is 0 Å². The van der Waals surface area contributed by atoms with E-state index in [4.69, 9.17) is 5.73 Å². The lowest BCUT2D eigenvalue weighted by Crippen LogP contribution is -2.14. The van der Waals surface area contributed by atoms with Crippen molar-refractivity contribution < 1.29 is 0 Å². The van der Waals surface area contributed by atoms with E-state index in [1.807, 2.05) is 20.1 Å². The first-order valence-electron chi connectivity index (χ1n) is 3.01. The van der Waals surface area contributed by atoms with E-state index in [0.717, 1.165) is 13.0 Å². The molecule has 0 aliphatic rings. The van der Waals surface area contributed by atoms with Crippen LogP contribution in [-0.2, 0) is 0 Å². The summed E-state index contributed by atoms with van der Waals surface area (Å²) in [5, 5.41) is 0. The molecular formula is C6H14N2. The van der Waals surface area contributed by atoms with E-state index < -0.39 is 0 Å². The van der Waals surface area contributed by atoms with Crippen molar-refractivity contribution in [3.05, 3.63) is 0 Å². The molecule has 2 N–H and O–H groups in total. The largest absolute Gasteiger partial charge is 0.328 e. The predicted octanol–water partition coefficient (Wildman–Crippen LogP) is 0.814. The number of aliphatic imine (C=N–C) groups is 1. The van der Waals surface area contributed by atoms with Crippen LogP contribution in [-0.4, -0.2) is 18.8 Å². The molecule has 48 valence electrons. The summed E-state index contributed by atoms with van der Waals surface area (Å²) >= 11 is 0. The molecule has 2 nitrogen and oxygen atoms in total. The third-order valence-electron chi connectivity index (χ3n) is 0.789. The van der Waals surface area contributed by atoms with Crippen molar-refractivity contribution in [2.75, 3.05) is 6.54 Å². The molecule has 0 bridgehead atoms. The van der Waals surface area contributed by atoms with Gasteiger partial charge in [0.1, 0.15) is 0 Å². The minimum absolute atomic E-state index is 0.255. The van der Waals surface area contributed by atoms with Crippen molar-refractivity contribution in [2.45, 2.75) is 26.3 Å². The molecule has 0 saturated heterocycles. The number of hydrogen-bond acceptors (Lipinski definition) is 2. The lowest BCUT2D eigenvalue weighted by Gasteiger charge is -1.94. The van der Waals surface area contributed by atoms with Gasteiger partial charge in [0, 0.05) is 18.8 Å². The zero-order chi connectivity index (χ0) is 6.41. The van der Waals surface area contributed by atoms with Crippen molar-refractivity contribution in [1.29, 1.82) is 0 Å². The lowest BCUT2D eigenvalue weighted by molar-refractivity contribution is 0.784. The van der Waals surface area contributed by atoms with Gasteiger partial charge in [-0.3, -0.25) is 4.99 Å². The lowest BCUT2D eigenvalue weighted by atomic mass is 10.3. The van der Waals surface area contributed by atoms with Gasteiger partial charge in [-0.2, -0.15) is 0 Å². The summed E-state index contributed by atoms with van der Waals surface area (Å²) < 4.78 is 0. The topological polar surface area (TPSA) is 38.4 Å². The van der Waals surface area contributed by atoms with Gasteiger partial charge in [0.2, 0.25) is 0 Å². The van der Waals surface area contributed by atoms with E-state index in [0.29, 0.717) is 0 Å². The van der Waals surface area contributed by atoms with Gasteiger partial charge in [-0.15, -0.1) is 0 Å². The summed E-state index contributed by atoms with van der Waals surface area (Å²) in [6, 6.07) is 0.255. The first-order valence-corrected chi connectivity index (χ1v) is 3.01. The highest BCUT2D eigenvalue weighted by molar-refractivity contribution is 5.57. The second-order valence-electron chi connectivity index (χ2n) is 1.89. The third-order valence-corrected chi connectivity index (χ3v) is 0.789. The molecular weight excluding hydrogens is 100 g/mol.